The maximum Gasteiger partial charge on any atom is 0.230 e. The molecule has 6 nitrogen and oxygen atoms in total. The largest absolute Gasteiger partial charge is 0.351 e. The van der Waals surface area contributed by atoms with Gasteiger partial charge < -0.3 is 5.32 Å². The molecule has 7 heteroatoms. The second-order valence-corrected chi connectivity index (χ2v) is 9.17. The average Bonchev–Trinajstić information content (AvgIpc) is 3.37. The van der Waals surface area contributed by atoms with Gasteiger partial charge in [0, 0.05) is 30.2 Å². The quantitative estimate of drug-likeness (QED) is 0.386. The smallest absolute Gasteiger partial charge is 0.230 e. The first-order valence-corrected chi connectivity index (χ1v) is 12.0. The van der Waals surface area contributed by atoms with Gasteiger partial charge in [-0.1, -0.05) is 54.2 Å². The van der Waals surface area contributed by atoms with Gasteiger partial charge in [-0.2, -0.15) is 5.10 Å². The van der Waals surface area contributed by atoms with Gasteiger partial charge in [-0.15, -0.1) is 0 Å². The lowest BCUT2D eigenvalue weighted by Crippen LogP contribution is -2.25. The summed E-state index contributed by atoms with van der Waals surface area (Å²) in [5.74, 6) is 0.281. The van der Waals surface area contributed by atoms with Crippen LogP contribution < -0.4 is 5.32 Å². The van der Waals surface area contributed by atoms with Crippen molar-refractivity contribution in [2.45, 2.75) is 45.9 Å². The average molecular weight is 460 g/mol. The fraction of sp³-hybridized carbons (Fsp3) is 0.269. The number of rotatable bonds is 8. The predicted molar refractivity (Wildman–Crippen MR) is 133 cm³/mol. The summed E-state index contributed by atoms with van der Waals surface area (Å²) < 4.78 is 4.05. The first-order valence-electron chi connectivity index (χ1n) is 11.0. The third-order valence-corrected chi connectivity index (χ3v) is 6.70. The van der Waals surface area contributed by atoms with E-state index in [0.717, 1.165) is 34.3 Å². The molecule has 0 aliphatic heterocycles. The molecule has 4 rings (SSSR count). The van der Waals surface area contributed by atoms with E-state index in [0.29, 0.717) is 12.3 Å². The number of benzene rings is 2. The van der Waals surface area contributed by atoms with Crippen LogP contribution in [0, 0.1) is 27.7 Å². The summed E-state index contributed by atoms with van der Waals surface area (Å²) in [6, 6.07) is 16.6. The van der Waals surface area contributed by atoms with Crippen LogP contribution in [0.1, 0.15) is 33.6 Å². The van der Waals surface area contributed by atoms with Crippen molar-refractivity contribution in [1.29, 1.82) is 0 Å². The molecule has 0 saturated heterocycles. The Bertz CT molecular complexity index is 1260. The molecule has 0 aliphatic carbocycles. The summed E-state index contributed by atoms with van der Waals surface area (Å²) in [4.78, 5) is 17.1. The SMILES string of the molecule is Cc1ccc(C)c(-n2ccnc2SCC(=O)NCc2c(C)nn(Cc3ccccc3)c2C)c1. The molecule has 0 atom stereocenters. The van der Waals surface area contributed by atoms with E-state index >= 15 is 0 Å². The van der Waals surface area contributed by atoms with E-state index in [9.17, 15) is 4.79 Å². The van der Waals surface area contributed by atoms with Gasteiger partial charge in [0.15, 0.2) is 5.16 Å². The first kappa shape index (κ1) is 22.9. The van der Waals surface area contributed by atoms with E-state index in [-0.39, 0.29) is 5.91 Å². The number of hydrogen-bond acceptors (Lipinski definition) is 4. The van der Waals surface area contributed by atoms with Crippen molar-refractivity contribution in [2.75, 3.05) is 5.75 Å². The van der Waals surface area contributed by atoms with Crippen molar-refractivity contribution >= 4 is 17.7 Å². The highest BCUT2D eigenvalue weighted by molar-refractivity contribution is 7.99. The van der Waals surface area contributed by atoms with Crippen molar-refractivity contribution in [3.8, 4) is 5.69 Å². The van der Waals surface area contributed by atoms with E-state index in [2.05, 4.69) is 66.5 Å². The molecule has 2 aromatic carbocycles. The molecule has 0 fully saturated rings. The van der Waals surface area contributed by atoms with E-state index in [1.165, 1.54) is 28.5 Å². The van der Waals surface area contributed by atoms with Gasteiger partial charge >= 0.3 is 0 Å². The maximum absolute atomic E-state index is 12.6. The Morgan fingerprint density at radius 3 is 2.64 bits per heavy atom. The summed E-state index contributed by atoms with van der Waals surface area (Å²) >= 11 is 1.44. The van der Waals surface area contributed by atoms with E-state index in [1.807, 2.05) is 40.6 Å². The molecule has 33 heavy (non-hydrogen) atoms. The molecule has 4 aromatic rings. The minimum Gasteiger partial charge on any atom is -0.351 e. The van der Waals surface area contributed by atoms with Gasteiger partial charge in [0.2, 0.25) is 5.91 Å². The molecule has 0 radical (unpaired) electrons. The lowest BCUT2D eigenvalue weighted by molar-refractivity contribution is -0.118. The lowest BCUT2D eigenvalue weighted by atomic mass is 10.1. The highest BCUT2D eigenvalue weighted by atomic mass is 32.2. The number of carbonyl (C=O) groups is 1. The van der Waals surface area contributed by atoms with Gasteiger partial charge in [0.25, 0.3) is 0 Å². The highest BCUT2D eigenvalue weighted by Crippen LogP contribution is 2.23. The van der Waals surface area contributed by atoms with Crippen LogP contribution >= 0.6 is 11.8 Å². The van der Waals surface area contributed by atoms with Crippen LogP contribution in [0.2, 0.25) is 0 Å². The number of thioether (sulfide) groups is 1. The molecule has 2 aromatic heterocycles. The molecule has 0 bridgehead atoms. The maximum atomic E-state index is 12.6. The Hall–Kier alpha value is -3.32. The van der Waals surface area contributed by atoms with Gasteiger partial charge in [0.1, 0.15) is 0 Å². The number of nitrogens with one attached hydrogen (secondary N) is 1. The Balaban J connectivity index is 1.37. The van der Waals surface area contributed by atoms with Gasteiger partial charge in [-0.25, -0.2) is 4.98 Å². The number of amides is 1. The Kier molecular flexibility index (Phi) is 6.99. The highest BCUT2D eigenvalue weighted by Gasteiger charge is 2.14. The number of aryl methyl sites for hydroxylation is 3. The number of carbonyl (C=O) groups excluding carboxylic acids is 1. The first-order chi connectivity index (χ1) is 15.9. The second kappa shape index (κ2) is 10.1. The predicted octanol–water partition coefficient (Wildman–Crippen LogP) is 4.76. The second-order valence-electron chi connectivity index (χ2n) is 8.23. The van der Waals surface area contributed by atoms with Crippen molar-refractivity contribution < 1.29 is 4.79 Å². The van der Waals surface area contributed by atoms with Crippen LogP contribution in [0.15, 0.2) is 66.1 Å². The van der Waals surface area contributed by atoms with E-state index < -0.39 is 0 Å². The minimum absolute atomic E-state index is 0.0230. The standard InChI is InChI=1S/C26H29N5OS/c1-18-10-11-19(2)24(14-18)30-13-12-27-26(30)33-17-25(32)28-15-23-20(3)29-31(21(23)4)16-22-8-6-5-7-9-22/h5-14H,15-17H2,1-4H3,(H,28,32). The third kappa shape index (κ3) is 5.37. The Labute approximate surface area is 199 Å². The molecular weight excluding hydrogens is 430 g/mol. The summed E-state index contributed by atoms with van der Waals surface area (Å²) in [6.45, 7) is 9.40. The minimum atomic E-state index is -0.0230. The number of hydrogen-bond donors (Lipinski definition) is 1. The molecule has 1 N–H and O–H groups in total. The van der Waals surface area contributed by atoms with Crippen LogP contribution in [-0.4, -0.2) is 31.0 Å². The van der Waals surface area contributed by atoms with Gasteiger partial charge in [0.05, 0.1) is 23.7 Å². The fourth-order valence-corrected chi connectivity index (χ4v) is 4.62. The topological polar surface area (TPSA) is 64.7 Å². The molecular formula is C26H29N5OS. The zero-order chi connectivity index (χ0) is 23.4. The lowest BCUT2D eigenvalue weighted by Gasteiger charge is -2.11. The summed E-state index contributed by atoms with van der Waals surface area (Å²) in [5, 5.41) is 8.53. The van der Waals surface area contributed by atoms with Crippen LogP contribution in [0.4, 0.5) is 0 Å². The van der Waals surface area contributed by atoms with Crippen molar-refractivity contribution in [3.63, 3.8) is 0 Å². The van der Waals surface area contributed by atoms with E-state index in [1.54, 1.807) is 6.20 Å². The molecule has 0 spiro atoms. The van der Waals surface area contributed by atoms with Gasteiger partial charge in [-0.3, -0.25) is 14.0 Å². The Morgan fingerprint density at radius 2 is 1.85 bits per heavy atom. The van der Waals surface area contributed by atoms with Crippen LogP contribution in [0.25, 0.3) is 5.69 Å². The molecule has 0 saturated carbocycles. The van der Waals surface area contributed by atoms with Crippen LogP contribution in [0.5, 0.6) is 0 Å². The number of nitrogens with zero attached hydrogens (tertiary/aromatic N) is 4. The van der Waals surface area contributed by atoms with Crippen LogP contribution in [-0.2, 0) is 17.9 Å². The molecule has 0 unspecified atom stereocenters. The van der Waals surface area contributed by atoms with Crippen molar-refractivity contribution in [1.82, 2.24) is 24.6 Å². The Morgan fingerprint density at radius 1 is 1.06 bits per heavy atom. The molecule has 170 valence electrons. The summed E-state index contributed by atoms with van der Waals surface area (Å²) in [7, 11) is 0. The number of aromatic nitrogens is 4. The third-order valence-electron chi connectivity index (χ3n) is 5.73. The monoisotopic (exact) mass is 459 g/mol. The normalized spacial score (nSPS) is 11.0. The van der Waals surface area contributed by atoms with Crippen molar-refractivity contribution in [3.05, 3.63) is 94.6 Å². The molecule has 0 aliphatic rings. The summed E-state index contributed by atoms with van der Waals surface area (Å²) in [6.07, 6.45) is 3.71. The molecule has 2 heterocycles. The zero-order valence-electron chi connectivity index (χ0n) is 19.5. The fourth-order valence-electron chi connectivity index (χ4n) is 3.83. The van der Waals surface area contributed by atoms with Gasteiger partial charge in [-0.05, 0) is 50.5 Å². The molecule has 1 amide bonds. The number of imidazole rings is 1. The van der Waals surface area contributed by atoms with Crippen LogP contribution in [0.3, 0.4) is 0 Å². The van der Waals surface area contributed by atoms with E-state index in [4.69, 9.17) is 0 Å². The summed E-state index contributed by atoms with van der Waals surface area (Å²) in [5.41, 5.74) is 7.75. The zero-order valence-corrected chi connectivity index (χ0v) is 20.3. The van der Waals surface area contributed by atoms with Crippen molar-refractivity contribution in [2.24, 2.45) is 0 Å².